The summed E-state index contributed by atoms with van der Waals surface area (Å²) >= 11 is 0. The van der Waals surface area contributed by atoms with Crippen molar-refractivity contribution in [2.75, 3.05) is 6.79 Å². The van der Waals surface area contributed by atoms with Gasteiger partial charge in [0.1, 0.15) is 0 Å². The van der Waals surface area contributed by atoms with E-state index >= 15 is 0 Å². The Balaban J connectivity index is 0.00000128. The van der Waals surface area contributed by atoms with Gasteiger partial charge in [-0.05, 0) is 30.5 Å². The Hall–Kier alpha value is -1.19. The fourth-order valence-electron chi connectivity index (χ4n) is 1.61. The van der Waals surface area contributed by atoms with Gasteiger partial charge in [0.15, 0.2) is 11.5 Å². The van der Waals surface area contributed by atoms with Crippen molar-refractivity contribution < 1.29 is 9.47 Å². The average Bonchev–Trinajstić information content (AvgIpc) is 2.72. The van der Waals surface area contributed by atoms with Crippen LogP contribution in [0.15, 0.2) is 30.9 Å². The lowest BCUT2D eigenvalue weighted by molar-refractivity contribution is 0.174. The lowest BCUT2D eigenvalue weighted by Gasteiger charge is -2.11. The van der Waals surface area contributed by atoms with E-state index in [-0.39, 0.29) is 18.4 Å². The van der Waals surface area contributed by atoms with E-state index in [1.54, 1.807) is 0 Å². The van der Waals surface area contributed by atoms with Crippen LogP contribution in [0.4, 0.5) is 0 Å². The molecule has 0 bridgehead atoms. The van der Waals surface area contributed by atoms with Crippen LogP contribution in [0.1, 0.15) is 24.4 Å². The molecule has 0 aliphatic carbocycles. The summed E-state index contributed by atoms with van der Waals surface area (Å²) in [5.74, 6) is 1.59. The Morgan fingerprint density at radius 1 is 1.38 bits per heavy atom. The Morgan fingerprint density at radius 3 is 2.88 bits per heavy atom. The molecule has 0 saturated carbocycles. The normalized spacial score (nSPS) is 14.1. The lowest BCUT2D eigenvalue weighted by atomic mass is 10.0. The zero-order valence-corrected chi connectivity index (χ0v) is 9.83. The summed E-state index contributed by atoms with van der Waals surface area (Å²) < 4.78 is 10.5. The minimum atomic E-state index is 0. The van der Waals surface area contributed by atoms with Crippen LogP contribution in [0.25, 0.3) is 0 Å². The molecular weight excluding hydrogens is 226 g/mol. The standard InChI is InChI=1S/C12H15NO2.ClH/c1-2-3-4-10(13)9-5-6-11-12(7-9)15-8-14-11;/h2,5-7,10H,1,3-4,8,13H2;1H/t10-;/m1./s1. The fourth-order valence-corrected chi connectivity index (χ4v) is 1.61. The molecule has 0 saturated heterocycles. The first-order chi connectivity index (χ1) is 7.31. The van der Waals surface area contributed by atoms with Crippen LogP contribution < -0.4 is 15.2 Å². The maximum absolute atomic E-state index is 6.03. The number of allylic oxidation sites excluding steroid dienone is 1. The Labute approximate surface area is 102 Å². The van der Waals surface area contributed by atoms with Crippen molar-refractivity contribution in [1.29, 1.82) is 0 Å². The molecule has 0 radical (unpaired) electrons. The Bertz CT molecular complexity index is 368. The van der Waals surface area contributed by atoms with Crippen molar-refractivity contribution >= 4 is 12.4 Å². The third-order valence-electron chi connectivity index (χ3n) is 2.51. The van der Waals surface area contributed by atoms with Crippen LogP contribution in [-0.4, -0.2) is 6.79 Å². The van der Waals surface area contributed by atoms with E-state index in [9.17, 15) is 0 Å². The van der Waals surface area contributed by atoms with Gasteiger partial charge in [0.2, 0.25) is 6.79 Å². The third kappa shape index (κ3) is 2.68. The number of hydrogen-bond acceptors (Lipinski definition) is 3. The third-order valence-corrected chi connectivity index (χ3v) is 2.51. The van der Waals surface area contributed by atoms with E-state index in [2.05, 4.69) is 6.58 Å². The van der Waals surface area contributed by atoms with E-state index in [4.69, 9.17) is 15.2 Å². The molecular formula is C12H16ClNO2. The van der Waals surface area contributed by atoms with Crippen molar-refractivity contribution in [3.8, 4) is 11.5 Å². The molecule has 1 aromatic carbocycles. The van der Waals surface area contributed by atoms with Crippen molar-refractivity contribution in [2.24, 2.45) is 5.73 Å². The monoisotopic (exact) mass is 241 g/mol. The Kier molecular flexibility index (Phi) is 4.65. The molecule has 1 aliphatic rings. The SMILES string of the molecule is C=CCC[C@@H](N)c1ccc2c(c1)OCO2.Cl. The molecule has 3 nitrogen and oxygen atoms in total. The summed E-state index contributed by atoms with van der Waals surface area (Å²) in [4.78, 5) is 0. The first-order valence-electron chi connectivity index (χ1n) is 5.07. The van der Waals surface area contributed by atoms with Crippen molar-refractivity contribution in [1.82, 2.24) is 0 Å². The van der Waals surface area contributed by atoms with Crippen LogP contribution >= 0.6 is 12.4 Å². The summed E-state index contributed by atoms with van der Waals surface area (Å²) in [5.41, 5.74) is 7.12. The zero-order chi connectivity index (χ0) is 10.7. The highest BCUT2D eigenvalue weighted by Gasteiger charge is 2.15. The van der Waals surface area contributed by atoms with E-state index in [1.165, 1.54) is 0 Å². The number of fused-ring (bicyclic) bond motifs is 1. The number of nitrogens with two attached hydrogens (primary N) is 1. The van der Waals surface area contributed by atoms with E-state index in [1.807, 2.05) is 24.3 Å². The van der Waals surface area contributed by atoms with Gasteiger partial charge in [0.05, 0.1) is 0 Å². The molecule has 0 fully saturated rings. The predicted octanol–water partition coefficient (Wildman–Crippen LogP) is 2.80. The first kappa shape index (κ1) is 12.9. The molecule has 0 amide bonds. The van der Waals surface area contributed by atoms with Crippen molar-refractivity contribution in [3.05, 3.63) is 36.4 Å². The summed E-state index contributed by atoms with van der Waals surface area (Å²) in [6.45, 7) is 3.99. The molecule has 0 unspecified atom stereocenters. The Morgan fingerprint density at radius 2 is 2.12 bits per heavy atom. The van der Waals surface area contributed by atoms with Gasteiger partial charge in [0, 0.05) is 6.04 Å². The van der Waals surface area contributed by atoms with Gasteiger partial charge < -0.3 is 15.2 Å². The van der Waals surface area contributed by atoms with Gasteiger partial charge in [-0.2, -0.15) is 0 Å². The number of halogens is 1. The minimum Gasteiger partial charge on any atom is -0.454 e. The fraction of sp³-hybridized carbons (Fsp3) is 0.333. The van der Waals surface area contributed by atoms with E-state index in [0.29, 0.717) is 6.79 Å². The molecule has 0 spiro atoms. The second-order valence-electron chi connectivity index (χ2n) is 3.59. The van der Waals surface area contributed by atoms with Crippen LogP contribution in [0.2, 0.25) is 0 Å². The predicted molar refractivity (Wildman–Crippen MR) is 66.2 cm³/mol. The van der Waals surface area contributed by atoms with Gasteiger partial charge in [-0.25, -0.2) is 0 Å². The highest BCUT2D eigenvalue weighted by molar-refractivity contribution is 5.85. The molecule has 16 heavy (non-hydrogen) atoms. The second kappa shape index (κ2) is 5.77. The number of hydrogen-bond donors (Lipinski definition) is 1. The summed E-state index contributed by atoms with van der Waals surface area (Å²) in [6, 6.07) is 5.89. The maximum atomic E-state index is 6.03. The molecule has 1 aromatic rings. The average molecular weight is 242 g/mol. The molecule has 0 aromatic heterocycles. The van der Waals surface area contributed by atoms with Crippen LogP contribution in [0.5, 0.6) is 11.5 Å². The highest BCUT2D eigenvalue weighted by atomic mass is 35.5. The summed E-state index contributed by atoms with van der Waals surface area (Å²) in [7, 11) is 0. The lowest BCUT2D eigenvalue weighted by Crippen LogP contribution is -2.09. The van der Waals surface area contributed by atoms with Gasteiger partial charge in [-0.3, -0.25) is 0 Å². The smallest absolute Gasteiger partial charge is 0.231 e. The van der Waals surface area contributed by atoms with E-state index in [0.717, 1.165) is 29.9 Å². The van der Waals surface area contributed by atoms with Crippen LogP contribution in [-0.2, 0) is 0 Å². The largest absolute Gasteiger partial charge is 0.454 e. The second-order valence-corrected chi connectivity index (χ2v) is 3.59. The number of ether oxygens (including phenoxy) is 2. The van der Waals surface area contributed by atoms with Crippen LogP contribution in [0.3, 0.4) is 0 Å². The van der Waals surface area contributed by atoms with Gasteiger partial charge in [0.25, 0.3) is 0 Å². The summed E-state index contributed by atoms with van der Waals surface area (Å²) in [6.07, 6.45) is 3.71. The topological polar surface area (TPSA) is 44.5 Å². The summed E-state index contributed by atoms with van der Waals surface area (Å²) in [5, 5.41) is 0. The highest BCUT2D eigenvalue weighted by Crippen LogP contribution is 2.34. The molecule has 1 atom stereocenters. The zero-order valence-electron chi connectivity index (χ0n) is 9.02. The number of rotatable bonds is 4. The van der Waals surface area contributed by atoms with Gasteiger partial charge in [-0.1, -0.05) is 12.1 Å². The van der Waals surface area contributed by atoms with Gasteiger partial charge >= 0.3 is 0 Å². The maximum Gasteiger partial charge on any atom is 0.231 e. The molecule has 1 heterocycles. The molecule has 4 heteroatoms. The number of benzene rings is 1. The van der Waals surface area contributed by atoms with Crippen molar-refractivity contribution in [2.45, 2.75) is 18.9 Å². The minimum absolute atomic E-state index is 0. The molecule has 2 N–H and O–H groups in total. The quantitative estimate of drug-likeness (QED) is 0.825. The van der Waals surface area contributed by atoms with Gasteiger partial charge in [-0.15, -0.1) is 19.0 Å². The molecule has 2 rings (SSSR count). The van der Waals surface area contributed by atoms with Crippen molar-refractivity contribution in [3.63, 3.8) is 0 Å². The molecule has 88 valence electrons. The first-order valence-corrected chi connectivity index (χ1v) is 5.07. The van der Waals surface area contributed by atoms with E-state index < -0.39 is 0 Å². The molecule has 1 aliphatic heterocycles. The van der Waals surface area contributed by atoms with Crippen LogP contribution in [0, 0.1) is 0 Å².